The molecule has 100 valence electrons. The number of aryl methyl sites for hydroxylation is 1. The van der Waals surface area contributed by atoms with E-state index in [1.807, 2.05) is 35.9 Å². The van der Waals surface area contributed by atoms with Crippen LogP contribution in [0.25, 0.3) is 5.69 Å². The van der Waals surface area contributed by atoms with Gasteiger partial charge in [0.2, 0.25) is 5.95 Å². The molecule has 19 heavy (non-hydrogen) atoms. The van der Waals surface area contributed by atoms with Gasteiger partial charge in [-0.2, -0.15) is 0 Å². The van der Waals surface area contributed by atoms with Crippen LogP contribution < -0.4 is 10.1 Å². The molecule has 0 aliphatic carbocycles. The summed E-state index contributed by atoms with van der Waals surface area (Å²) in [6.45, 7) is 6.34. The molecule has 1 N–H and O–H groups in total. The molecule has 0 spiro atoms. The summed E-state index contributed by atoms with van der Waals surface area (Å²) in [5.74, 6) is 1.61. The molecule has 0 aliphatic heterocycles. The van der Waals surface area contributed by atoms with Crippen molar-refractivity contribution in [3.63, 3.8) is 0 Å². The minimum Gasteiger partial charge on any atom is -0.496 e. The summed E-state index contributed by atoms with van der Waals surface area (Å²) < 4.78 is 8.15. The van der Waals surface area contributed by atoms with Crippen LogP contribution in [-0.2, 0) is 0 Å². The number of imidazole rings is 1. The summed E-state index contributed by atoms with van der Waals surface area (Å²) in [5.41, 5.74) is 1.97. The molecule has 0 atom stereocenters. The Morgan fingerprint density at radius 1 is 1.53 bits per heavy atom. The van der Waals surface area contributed by atoms with Gasteiger partial charge in [0.25, 0.3) is 0 Å². The fourth-order valence-electron chi connectivity index (χ4n) is 1.79. The third kappa shape index (κ3) is 2.98. The van der Waals surface area contributed by atoms with Crippen molar-refractivity contribution in [2.45, 2.75) is 6.92 Å². The maximum atomic E-state index is 5.24. The molecule has 0 radical (unpaired) electrons. The maximum Gasteiger partial charge on any atom is 0.207 e. The predicted octanol–water partition coefficient (Wildman–Crippen LogP) is 3.55. The number of hydrogen-bond donors (Lipinski definition) is 1. The Morgan fingerprint density at radius 2 is 2.32 bits per heavy atom. The number of ether oxygens (including phenoxy) is 1. The van der Waals surface area contributed by atoms with Crippen LogP contribution in [0.4, 0.5) is 5.95 Å². The summed E-state index contributed by atoms with van der Waals surface area (Å²) in [7, 11) is 1.65. The molecule has 0 saturated heterocycles. The lowest BCUT2D eigenvalue weighted by Crippen LogP contribution is -2.05. The second kappa shape index (κ2) is 5.93. The quantitative estimate of drug-likeness (QED) is 0.856. The Labute approximate surface area is 121 Å². The monoisotopic (exact) mass is 321 g/mol. The van der Waals surface area contributed by atoms with Crippen LogP contribution >= 0.6 is 15.9 Å². The second-order valence-electron chi connectivity index (χ2n) is 4.06. The first-order valence-electron chi connectivity index (χ1n) is 5.90. The molecule has 0 aliphatic rings. The Morgan fingerprint density at radius 3 is 2.95 bits per heavy atom. The van der Waals surface area contributed by atoms with Gasteiger partial charge in [-0.15, -0.1) is 6.58 Å². The van der Waals surface area contributed by atoms with E-state index < -0.39 is 0 Å². The first kappa shape index (κ1) is 13.7. The second-order valence-corrected chi connectivity index (χ2v) is 4.92. The van der Waals surface area contributed by atoms with Gasteiger partial charge in [0.1, 0.15) is 5.75 Å². The van der Waals surface area contributed by atoms with E-state index >= 15 is 0 Å². The maximum absolute atomic E-state index is 5.24. The van der Waals surface area contributed by atoms with Gasteiger partial charge >= 0.3 is 0 Å². The van der Waals surface area contributed by atoms with Gasteiger partial charge < -0.3 is 10.1 Å². The largest absolute Gasteiger partial charge is 0.496 e. The molecule has 1 heterocycles. The minimum absolute atomic E-state index is 0.674. The number of rotatable bonds is 5. The van der Waals surface area contributed by atoms with Crippen molar-refractivity contribution in [3.8, 4) is 11.4 Å². The number of anilines is 1. The number of hydrogen-bond acceptors (Lipinski definition) is 3. The molecule has 0 bridgehead atoms. The summed E-state index contributed by atoms with van der Waals surface area (Å²) in [6.07, 6.45) is 3.79. The highest BCUT2D eigenvalue weighted by molar-refractivity contribution is 9.10. The Hall–Kier alpha value is -1.75. The van der Waals surface area contributed by atoms with Crippen molar-refractivity contribution in [2.75, 3.05) is 19.0 Å². The fraction of sp³-hybridized carbons (Fsp3) is 0.214. The van der Waals surface area contributed by atoms with E-state index in [0.29, 0.717) is 6.54 Å². The molecule has 2 rings (SSSR count). The molecule has 0 amide bonds. The average molecular weight is 322 g/mol. The van der Waals surface area contributed by atoms with E-state index in [1.165, 1.54) is 0 Å². The molecule has 2 aromatic rings. The Bertz CT molecular complexity index is 592. The zero-order valence-electron chi connectivity index (χ0n) is 11.0. The smallest absolute Gasteiger partial charge is 0.207 e. The lowest BCUT2D eigenvalue weighted by atomic mass is 10.3. The van der Waals surface area contributed by atoms with E-state index in [1.54, 1.807) is 13.2 Å². The van der Waals surface area contributed by atoms with Gasteiger partial charge in [0.05, 0.1) is 17.3 Å². The van der Waals surface area contributed by atoms with E-state index in [2.05, 4.69) is 32.8 Å². The topological polar surface area (TPSA) is 39.1 Å². The van der Waals surface area contributed by atoms with Crippen molar-refractivity contribution in [1.29, 1.82) is 0 Å². The summed E-state index contributed by atoms with van der Waals surface area (Å²) in [6, 6.07) is 5.91. The number of aromatic nitrogens is 2. The van der Waals surface area contributed by atoms with E-state index in [-0.39, 0.29) is 0 Å². The molecular formula is C14H16BrN3O. The van der Waals surface area contributed by atoms with Crippen LogP contribution in [0.3, 0.4) is 0 Å². The van der Waals surface area contributed by atoms with E-state index in [9.17, 15) is 0 Å². The van der Waals surface area contributed by atoms with Gasteiger partial charge in [0, 0.05) is 18.4 Å². The number of halogens is 1. The third-order valence-electron chi connectivity index (χ3n) is 2.64. The first-order chi connectivity index (χ1) is 9.15. The normalized spacial score (nSPS) is 10.3. The zero-order valence-corrected chi connectivity index (χ0v) is 12.6. The SMILES string of the molecule is C=CCNc1nc(C)cn1-c1ccc(OC)c(Br)c1. The van der Waals surface area contributed by atoms with Crippen LogP contribution in [0.5, 0.6) is 5.75 Å². The van der Waals surface area contributed by atoms with Crippen molar-refractivity contribution in [2.24, 2.45) is 0 Å². The highest BCUT2D eigenvalue weighted by atomic mass is 79.9. The van der Waals surface area contributed by atoms with Crippen molar-refractivity contribution < 1.29 is 4.74 Å². The highest BCUT2D eigenvalue weighted by Gasteiger charge is 2.08. The van der Waals surface area contributed by atoms with Gasteiger partial charge in [-0.05, 0) is 41.1 Å². The zero-order chi connectivity index (χ0) is 13.8. The van der Waals surface area contributed by atoms with Gasteiger partial charge in [-0.25, -0.2) is 4.98 Å². The molecule has 0 unspecified atom stereocenters. The Balaban J connectivity index is 2.40. The lowest BCUT2D eigenvalue weighted by Gasteiger charge is -2.10. The molecule has 1 aromatic heterocycles. The van der Waals surface area contributed by atoms with Crippen molar-refractivity contribution >= 4 is 21.9 Å². The van der Waals surface area contributed by atoms with Gasteiger partial charge in [-0.3, -0.25) is 4.57 Å². The molecule has 0 fully saturated rings. The third-order valence-corrected chi connectivity index (χ3v) is 3.26. The van der Waals surface area contributed by atoms with Crippen LogP contribution in [0, 0.1) is 6.92 Å². The van der Waals surface area contributed by atoms with Gasteiger partial charge in [0.15, 0.2) is 0 Å². The van der Waals surface area contributed by atoms with Crippen LogP contribution in [-0.4, -0.2) is 23.2 Å². The number of benzene rings is 1. The van der Waals surface area contributed by atoms with Crippen LogP contribution in [0.2, 0.25) is 0 Å². The fourth-order valence-corrected chi connectivity index (χ4v) is 2.32. The molecule has 0 saturated carbocycles. The summed E-state index contributed by atoms with van der Waals surface area (Å²) >= 11 is 3.49. The van der Waals surface area contributed by atoms with Crippen LogP contribution in [0.1, 0.15) is 5.69 Å². The van der Waals surface area contributed by atoms with Gasteiger partial charge in [-0.1, -0.05) is 6.08 Å². The van der Waals surface area contributed by atoms with Crippen LogP contribution in [0.15, 0.2) is 41.5 Å². The summed E-state index contributed by atoms with van der Waals surface area (Å²) in [4.78, 5) is 4.45. The number of nitrogens with zero attached hydrogens (tertiary/aromatic N) is 2. The van der Waals surface area contributed by atoms with Crippen molar-refractivity contribution in [1.82, 2.24) is 9.55 Å². The molecule has 1 aromatic carbocycles. The predicted molar refractivity (Wildman–Crippen MR) is 81.2 cm³/mol. The minimum atomic E-state index is 0.674. The Kier molecular flexibility index (Phi) is 4.27. The molecule has 4 nitrogen and oxygen atoms in total. The van der Waals surface area contributed by atoms with Crippen molar-refractivity contribution in [3.05, 3.63) is 47.2 Å². The molecular weight excluding hydrogens is 306 g/mol. The van der Waals surface area contributed by atoms with E-state index in [4.69, 9.17) is 4.74 Å². The lowest BCUT2D eigenvalue weighted by molar-refractivity contribution is 0.412. The summed E-state index contributed by atoms with van der Waals surface area (Å²) in [5, 5.41) is 3.22. The first-order valence-corrected chi connectivity index (χ1v) is 6.69. The van der Waals surface area contributed by atoms with E-state index in [0.717, 1.165) is 27.6 Å². The highest BCUT2D eigenvalue weighted by Crippen LogP contribution is 2.28. The number of methoxy groups -OCH3 is 1. The standard InChI is InChI=1S/C14H16BrN3O/c1-4-7-16-14-17-10(2)9-18(14)11-5-6-13(19-3)12(15)8-11/h4-6,8-9H,1,7H2,2-3H3,(H,16,17). The molecule has 5 heteroatoms. The average Bonchev–Trinajstić information content (AvgIpc) is 2.77. The number of nitrogens with one attached hydrogen (secondary N) is 1.